The van der Waals surface area contributed by atoms with Gasteiger partial charge in [0, 0.05) is 12.6 Å². The lowest BCUT2D eigenvalue weighted by molar-refractivity contribution is 0.0609. The van der Waals surface area contributed by atoms with Crippen molar-refractivity contribution in [3.63, 3.8) is 0 Å². The van der Waals surface area contributed by atoms with E-state index in [0.717, 1.165) is 12.6 Å². The maximum atomic E-state index is 10.1. The highest BCUT2D eigenvalue weighted by Gasteiger charge is 2.27. The summed E-state index contributed by atoms with van der Waals surface area (Å²) in [6.45, 7) is 0.898. The molecule has 1 unspecified atom stereocenters. The third-order valence-electron chi connectivity index (χ3n) is 4.37. The standard InChI is InChI=1S/C13H25NO/c1-14(12-8-4-5-9-12)10-13(15)11-6-2-3-7-11/h11-13,15H,2-10H2,1H3. The molecule has 2 rings (SSSR count). The zero-order chi connectivity index (χ0) is 10.7. The first-order chi connectivity index (χ1) is 7.27. The molecular weight excluding hydrogens is 186 g/mol. The maximum Gasteiger partial charge on any atom is 0.0695 e. The quantitative estimate of drug-likeness (QED) is 0.772. The van der Waals surface area contributed by atoms with Crippen molar-refractivity contribution in [2.75, 3.05) is 13.6 Å². The van der Waals surface area contributed by atoms with Gasteiger partial charge in [-0.2, -0.15) is 0 Å². The SMILES string of the molecule is CN(CC(O)C1CCCC1)C1CCCC1. The minimum absolute atomic E-state index is 0.0712. The van der Waals surface area contributed by atoms with Crippen LogP contribution in [-0.4, -0.2) is 35.7 Å². The Kier molecular flexibility index (Phi) is 4.04. The molecule has 0 aromatic heterocycles. The Morgan fingerprint density at radius 2 is 1.60 bits per heavy atom. The first-order valence-electron chi connectivity index (χ1n) is 6.65. The van der Waals surface area contributed by atoms with Crippen LogP contribution in [0.25, 0.3) is 0 Å². The van der Waals surface area contributed by atoms with Gasteiger partial charge in [-0.15, -0.1) is 0 Å². The second-order valence-electron chi connectivity index (χ2n) is 5.49. The van der Waals surface area contributed by atoms with Crippen molar-refractivity contribution in [3.8, 4) is 0 Å². The summed E-state index contributed by atoms with van der Waals surface area (Å²) in [4.78, 5) is 2.40. The van der Waals surface area contributed by atoms with Gasteiger partial charge in [0.2, 0.25) is 0 Å². The van der Waals surface area contributed by atoms with Gasteiger partial charge < -0.3 is 10.0 Å². The van der Waals surface area contributed by atoms with Crippen LogP contribution in [0.4, 0.5) is 0 Å². The molecule has 0 bridgehead atoms. The van der Waals surface area contributed by atoms with E-state index in [1.807, 2.05) is 0 Å². The summed E-state index contributed by atoms with van der Waals surface area (Å²) in [5.41, 5.74) is 0. The Balaban J connectivity index is 1.74. The van der Waals surface area contributed by atoms with Crippen LogP contribution in [0, 0.1) is 5.92 Å². The third-order valence-corrected chi connectivity index (χ3v) is 4.37. The van der Waals surface area contributed by atoms with Crippen LogP contribution < -0.4 is 0 Å². The van der Waals surface area contributed by atoms with E-state index in [1.54, 1.807) is 0 Å². The molecule has 1 N–H and O–H groups in total. The lowest BCUT2D eigenvalue weighted by Crippen LogP contribution is -2.38. The van der Waals surface area contributed by atoms with Crippen LogP contribution in [0.2, 0.25) is 0 Å². The Morgan fingerprint density at radius 1 is 1.07 bits per heavy atom. The highest BCUT2D eigenvalue weighted by atomic mass is 16.3. The van der Waals surface area contributed by atoms with Gasteiger partial charge in [-0.3, -0.25) is 0 Å². The van der Waals surface area contributed by atoms with Crippen LogP contribution in [-0.2, 0) is 0 Å². The van der Waals surface area contributed by atoms with E-state index >= 15 is 0 Å². The van der Waals surface area contributed by atoms with Gasteiger partial charge in [-0.25, -0.2) is 0 Å². The highest BCUT2D eigenvalue weighted by molar-refractivity contribution is 4.81. The topological polar surface area (TPSA) is 23.5 Å². The van der Waals surface area contributed by atoms with Crippen LogP contribution in [0.5, 0.6) is 0 Å². The van der Waals surface area contributed by atoms with Crippen LogP contribution in [0.1, 0.15) is 51.4 Å². The van der Waals surface area contributed by atoms with Gasteiger partial charge in [-0.05, 0) is 38.6 Å². The Labute approximate surface area is 93.7 Å². The number of hydrogen-bond donors (Lipinski definition) is 1. The average Bonchev–Trinajstić information content (AvgIpc) is 2.91. The highest BCUT2D eigenvalue weighted by Crippen LogP contribution is 2.29. The zero-order valence-corrected chi connectivity index (χ0v) is 9.99. The molecule has 0 amide bonds. The molecule has 0 heterocycles. The van der Waals surface area contributed by atoms with E-state index < -0.39 is 0 Å². The molecule has 2 fully saturated rings. The molecule has 1 atom stereocenters. The first-order valence-corrected chi connectivity index (χ1v) is 6.65. The van der Waals surface area contributed by atoms with Crippen molar-refractivity contribution in [1.29, 1.82) is 0 Å². The summed E-state index contributed by atoms with van der Waals surface area (Å²) in [5.74, 6) is 0.592. The molecule has 0 radical (unpaired) electrons. The molecule has 2 nitrogen and oxygen atoms in total. The molecule has 2 aliphatic carbocycles. The molecular formula is C13H25NO. The molecule has 2 heteroatoms. The summed E-state index contributed by atoms with van der Waals surface area (Å²) >= 11 is 0. The number of aliphatic hydroxyl groups is 1. The lowest BCUT2D eigenvalue weighted by Gasteiger charge is -2.28. The Bertz CT molecular complexity index is 163. The number of rotatable bonds is 4. The van der Waals surface area contributed by atoms with Gasteiger partial charge in [0.1, 0.15) is 0 Å². The smallest absolute Gasteiger partial charge is 0.0695 e. The fourth-order valence-electron chi connectivity index (χ4n) is 3.28. The number of hydrogen-bond acceptors (Lipinski definition) is 2. The summed E-state index contributed by atoms with van der Waals surface area (Å²) in [7, 11) is 2.19. The maximum absolute atomic E-state index is 10.1. The molecule has 0 aromatic carbocycles. The van der Waals surface area contributed by atoms with E-state index in [9.17, 15) is 5.11 Å². The largest absolute Gasteiger partial charge is 0.392 e. The van der Waals surface area contributed by atoms with Gasteiger partial charge in [-0.1, -0.05) is 25.7 Å². The van der Waals surface area contributed by atoms with Gasteiger partial charge in [0.05, 0.1) is 6.10 Å². The first kappa shape index (κ1) is 11.4. The van der Waals surface area contributed by atoms with E-state index in [2.05, 4.69) is 11.9 Å². The second-order valence-corrected chi connectivity index (χ2v) is 5.49. The second kappa shape index (κ2) is 5.31. The van der Waals surface area contributed by atoms with Crippen molar-refractivity contribution in [1.82, 2.24) is 4.90 Å². The average molecular weight is 211 g/mol. The molecule has 0 spiro atoms. The molecule has 88 valence electrons. The third kappa shape index (κ3) is 2.94. The minimum atomic E-state index is -0.0712. The monoisotopic (exact) mass is 211 g/mol. The molecule has 15 heavy (non-hydrogen) atoms. The van der Waals surface area contributed by atoms with Crippen molar-refractivity contribution in [2.24, 2.45) is 5.92 Å². The predicted molar refractivity (Wildman–Crippen MR) is 62.9 cm³/mol. The van der Waals surface area contributed by atoms with Gasteiger partial charge >= 0.3 is 0 Å². The predicted octanol–water partition coefficient (Wildman–Crippen LogP) is 2.41. The van der Waals surface area contributed by atoms with Gasteiger partial charge in [0.25, 0.3) is 0 Å². The fraction of sp³-hybridized carbons (Fsp3) is 1.00. The normalized spacial score (nSPS) is 26.6. The van der Waals surface area contributed by atoms with Gasteiger partial charge in [0.15, 0.2) is 0 Å². The minimum Gasteiger partial charge on any atom is -0.392 e. The van der Waals surface area contributed by atoms with Crippen molar-refractivity contribution in [2.45, 2.75) is 63.5 Å². The lowest BCUT2D eigenvalue weighted by atomic mass is 10.00. The molecule has 2 aliphatic rings. The number of likely N-dealkylation sites (N-methyl/N-ethyl adjacent to an activating group) is 1. The summed E-state index contributed by atoms with van der Waals surface area (Å²) < 4.78 is 0. The number of nitrogens with zero attached hydrogens (tertiary/aromatic N) is 1. The van der Waals surface area contributed by atoms with Crippen molar-refractivity contribution < 1.29 is 5.11 Å². The Hall–Kier alpha value is -0.0800. The van der Waals surface area contributed by atoms with Crippen molar-refractivity contribution >= 4 is 0 Å². The summed E-state index contributed by atoms with van der Waals surface area (Å²) in [6, 6.07) is 0.751. The zero-order valence-electron chi connectivity index (χ0n) is 9.99. The Morgan fingerprint density at radius 3 is 2.20 bits per heavy atom. The number of aliphatic hydroxyl groups excluding tert-OH is 1. The van der Waals surface area contributed by atoms with Crippen LogP contribution >= 0.6 is 0 Å². The van der Waals surface area contributed by atoms with E-state index in [0.29, 0.717) is 5.92 Å². The molecule has 2 saturated carbocycles. The molecule has 0 aliphatic heterocycles. The molecule has 0 saturated heterocycles. The molecule has 0 aromatic rings. The van der Waals surface area contributed by atoms with E-state index in [4.69, 9.17) is 0 Å². The fourth-order valence-corrected chi connectivity index (χ4v) is 3.28. The van der Waals surface area contributed by atoms with Crippen molar-refractivity contribution in [3.05, 3.63) is 0 Å². The summed E-state index contributed by atoms with van der Waals surface area (Å²) in [5, 5.41) is 10.1. The van der Waals surface area contributed by atoms with Crippen LogP contribution in [0.3, 0.4) is 0 Å². The van der Waals surface area contributed by atoms with E-state index in [1.165, 1.54) is 51.4 Å². The summed E-state index contributed by atoms with van der Waals surface area (Å²) in [6.07, 6.45) is 10.5. The van der Waals surface area contributed by atoms with Crippen LogP contribution in [0.15, 0.2) is 0 Å². The van der Waals surface area contributed by atoms with E-state index in [-0.39, 0.29) is 6.10 Å².